The lowest BCUT2D eigenvalue weighted by Crippen LogP contribution is -2.36. The van der Waals surface area contributed by atoms with E-state index < -0.39 is 10.7 Å². The molecule has 2 atom stereocenters. The fraction of sp³-hybridized carbons (Fsp3) is 0.263. The number of benzene rings is 2. The maximum Gasteiger partial charge on any atom is 0.248 e. The lowest BCUT2D eigenvalue weighted by atomic mass is 9.80. The highest BCUT2D eigenvalue weighted by molar-refractivity contribution is 7.99. The van der Waals surface area contributed by atoms with Crippen LogP contribution in [0.2, 0.25) is 0 Å². The number of carbonyl (C=O) groups excluding carboxylic acids is 2. The minimum atomic E-state index is -0.926. The van der Waals surface area contributed by atoms with Crippen molar-refractivity contribution in [3.05, 3.63) is 64.7 Å². The minimum Gasteiger partial charge on any atom is -0.324 e. The Labute approximate surface area is 145 Å². The molecule has 1 fully saturated rings. The molecule has 0 aromatic heterocycles. The van der Waals surface area contributed by atoms with Crippen molar-refractivity contribution in [1.82, 2.24) is 4.31 Å². The van der Waals surface area contributed by atoms with Crippen LogP contribution in [0.3, 0.4) is 0 Å². The summed E-state index contributed by atoms with van der Waals surface area (Å²) >= 11 is 1.32. The second-order valence-corrected chi connectivity index (χ2v) is 7.81. The zero-order valence-corrected chi connectivity index (χ0v) is 14.6. The van der Waals surface area contributed by atoms with Gasteiger partial charge in [0.05, 0.1) is 5.92 Å². The van der Waals surface area contributed by atoms with Crippen molar-refractivity contribution in [2.45, 2.75) is 24.5 Å². The molecule has 4 rings (SSSR count). The molecule has 1 saturated heterocycles. The summed E-state index contributed by atoms with van der Waals surface area (Å²) in [5, 5.41) is 2.96. The van der Waals surface area contributed by atoms with Crippen molar-refractivity contribution < 1.29 is 9.59 Å². The van der Waals surface area contributed by atoms with Gasteiger partial charge >= 0.3 is 0 Å². The standard InChI is InChI=1S/C19H18N2O2S/c1-11-8-9-13(10-12(11)2)16-17(22)21(3)24-19(16)14-6-4-5-7-15(14)20-18(19)23/h4-10,16H,1-3H3,(H,20,23). The Morgan fingerprint density at radius 1 is 1.08 bits per heavy atom. The van der Waals surface area contributed by atoms with Crippen LogP contribution >= 0.6 is 11.9 Å². The quantitative estimate of drug-likeness (QED) is 0.811. The highest BCUT2D eigenvalue weighted by Crippen LogP contribution is 2.60. The number of amides is 2. The predicted molar refractivity (Wildman–Crippen MR) is 95.8 cm³/mol. The summed E-state index contributed by atoms with van der Waals surface area (Å²) in [6.45, 7) is 4.08. The van der Waals surface area contributed by atoms with Gasteiger partial charge in [-0.15, -0.1) is 0 Å². The molecule has 2 aromatic rings. The summed E-state index contributed by atoms with van der Waals surface area (Å²) < 4.78 is 0.672. The Bertz CT molecular complexity index is 879. The van der Waals surface area contributed by atoms with Gasteiger partial charge in [-0.1, -0.05) is 36.4 Å². The Morgan fingerprint density at radius 2 is 1.83 bits per heavy atom. The normalized spacial score (nSPS) is 25.3. The zero-order valence-electron chi connectivity index (χ0n) is 13.8. The van der Waals surface area contributed by atoms with Gasteiger partial charge in [0.25, 0.3) is 0 Å². The van der Waals surface area contributed by atoms with E-state index in [9.17, 15) is 9.59 Å². The van der Waals surface area contributed by atoms with E-state index in [2.05, 4.69) is 5.32 Å². The number of aryl methyl sites for hydroxylation is 2. The largest absolute Gasteiger partial charge is 0.324 e. The lowest BCUT2D eigenvalue weighted by Gasteiger charge is -2.26. The van der Waals surface area contributed by atoms with Gasteiger partial charge in [0.15, 0.2) is 4.75 Å². The van der Waals surface area contributed by atoms with Crippen molar-refractivity contribution in [2.24, 2.45) is 0 Å². The first-order valence-electron chi connectivity index (χ1n) is 7.90. The van der Waals surface area contributed by atoms with Crippen LogP contribution in [0.15, 0.2) is 42.5 Å². The van der Waals surface area contributed by atoms with Crippen molar-refractivity contribution >= 4 is 29.4 Å². The number of nitrogens with one attached hydrogen (secondary N) is 1. The van der Waals surface area contributed by atoms with Gasteiger partial charge in [0.1, 0.15) is 0 Å². The highest BCUT2D eigenvalue weighted by Gasteiger charge is 2.62. The van der Waals surface area contributed by atoms with E-state index in [0.29, 0.717) is 0 Å². The molecule has 0 aliphatic carbocycles. The number of likely N-dealkylation sites (N-methyl/N-ethyl adjacent to an activating group) is 1. The van der Waals surface area contributed by atoms with Gasteiger partial charge in [-0.2, -0.15) is 0 Å². The molecular formula is C19H18N2O2S. The molecule has 2 heterocycles. The highest BCUT2D eigenvalue weighted by atomic mass is 32.2. The maximum absolute atomic E-state index is 13.0. The number of rotatable bonds is 1. The Morgan fingerprint density at radius 3 is 2.58 bits per heavy atom. The summed E-state index contributed by atoms with van der Waals surface area (Å²) in [5.74, 6) is -0.666. The van der Waals surface area contributed by atoms with E-state index in [0.717, 1.165) is 22.4 Å². The summed E-state index contributed by atoms with van der Waals surface area (Å²) in [7, 11) is 1.74. The summed E-state index contributed by atoms with van der Waals surface area (Å²) in [6.07, 6.45) is 0. The van der Waals surface area contributed by atoms with Crippen LogP contribution in [0.5, 0.6) is 0 Å². The molecule has 4 nitrogen and oxygen atoms in total. The topological polar surface area (TPSA) is 49.4 Å². The number of hydrogen-bond acceptors (Lipinski definition) is 3. The van der Waals surface area contributed by atoms with Gasteiger partial charge in [-0.25, -0.2) is 0 Å². The van der Waals surface area contributed by atoms with E-state index in [-0.39, 0.29) is 11.8 Å². The van der Waals surface area contributed by atoms with Crippen molar-refractivity contribution in [1.29, 1.82) is 0 Å². The van der Waals surface area contributed by atoms with E-state index in [1.54, 1.807) is 11.4 Å². The van der Waals surface area contributed by atoms with Crippen LogP contribution in [0, 0.1) is 13.8 Å². The van der Waals surface area contributed by atoms with E-state index >= 15 is 0 Å². The van der Waals surface area contributed by atoms with Gasteiger partial charge in [0.2, 0.25) is 11.8 Å². The van der Waals surface area contributed by atoms with Crippen molar-refractivity contribution in [3.63, 3.8) is 0 Å². The van der Waals surface area contributed by atoms with Crippen LogP contribution in [-0.2, 0) is 14.3 Å². The third-order valence-corrected chi connectivity index (χ3v) is 6.40. The molecule has 2 amide bonds. The molecular weight excluding hydrogens is 320 g/mol. The number of carbonyl (C=O) groups is 2. The first-order chi connectivity index (χ1) is 11.4. The molecule has 2 aromatic carbocycles. The number of nitrogens with zero attached hydrogens (tertiary/aromatic N) is 1. The smallest absolute Gasteiger partial charge is 0.248 e. The van der Waals surface area contributed by atoms with E-state index in [4.69, 9.17) is 0 Å². The Balaban J connectivity index is 1.95. The second-order valence-electron chi connectivity index (χ2n) is 6.44. The van der Waals surface area contributed by atoms with Gasteiger partial charge < -0.3 is 5.32 Å². The van der Waals surface area contributed by atoms with Crippen molar-refractivity contribution in [3.8, 4) is 0 Å². The predicted octanol–water partition coefficient (Wildman–Crippen LogP) is 3.35. The van der Waals surface area contributed by atoms with Crippen molar-refractivity contribution in [2.75, 3.05) is 12.4 Å². The summed E-state index contributed by atoms with van der Waals surface area (Å²) in [5.41, 5.74) is 4.89. The molecule has 0 saturated carbocycles. The van der Waals surface area contributed by atoms with Crippen LogP contribution in [0.1, 0.15) is 28.2 Å². The van der Waals surface area contributed by atoms with E-state index in [1.165, 1.54) is 17.5 Å². The Hall–Kier alpha value is -2.27. The first kappa shape index (κ1) is 15.3. The van der Waals surface area contributed by atoms with Gasteiger partial charge in [-0.05, 0) is 48.6 Å². The second kappa shape index (κ2) is 5.11. The maximum atomic E-state index is 13.0. The summed E-state index contributed by atoms with van der Waals surface area (Å²) in [4.78, 5) is 25.9. The van der Waals surface area contributed by atoms with Gasteiger partial charge in [-0.3, -0.25) is 13.9 Å². The monoisotopic (exact) mass is 338 g/mol. The zero-order chi connectivity index (χ0) is 17.1. The third-order valence-electron chi connectivity index (χ3n) is 5.02. The summed E-state index contributed by atoms with van der Waals surface area (Å²) in [6, 6.07) is 13.7. The molecule has 2 aliphatic rings. The molecule has 1 N–H and O–H groups in total. The average molecular weight is 338 g/mol. The number of hydrogen-bond donors (Lipinski definition) is 1. The first-order valence-corrected chi connectivity index (χ1v) is 8.67. The molecule has 122 valence electrons. The molecule has 2 aliphatic heterocycles. The van der Waals surface area contributed by atoms with Crippen LogP contribution < -0.4 is 5.32 Å². The Kier molecular flexibility index (Phi) is 3.25. The minimum absolute atomic E-state index is 0.0323. The van der Waals surface area contributed by atoms with Crippen LogP contribution in [0.25, 0.3) is 0 Å². The number of fused-ring (bicyclic) bond motifs is 2. The molecule has 0 bridgehead atoms. The molecule has 1 spiro atoms. The third kappa shape index (κ3) is 1.88. The molecule has 5 heteroatoms. The van der Waals surface area contributed by atoms with Gasteiger partial charge in [0, 0.05) is 18.3 Å². The lowest BCUT2D eigenvalue weighted by molar-refractivity contribution is -0.128. The number of para-hydroxylation sites is 1. The molecule has 24 heavy (non-hydrogen) atoms. The van der Waals surface area contributed by atoms with Crippen LogP contribution in [0.4, 0.5) is 5.69 Å². The average Bonchev–Trinajstić information content (AvgIpc) is 2.98. The fourth-order valence-corrected chi connectivity index (χ4v) is 5.00. The fourth-order valence-electron chi connectivity index (χ4n) is 3.62. The molecule has 2 unspecified atom stereocenters. The number of anilines is 1. The molecule has 0 radical (unpaired) electrons. The van der Waals surface area contributed by atoms with E-state index in [1.807, 2.05) is 56.3 Å². The SMILES string of the molecule is Cc1ccc(C2C(=O)N(C)SC23C(=O)Nc2ccccc23)cc1C. The van der Waals surface area contributed by atoms with Crippen LogP contribution in [-0.4, -0.2) is 23.2 Å².